The third-order valence-corrected chi connectivity index (χ3v) is 2.82. The Kier molecular flexibility index (Phi) is 3.59. The molecule has 21 heavy (non-hydrogen) atoms. The Morgan fingerprint density at radius 2 is 1.81 bits per heavy atom. The van der Waals surface area contributed by atoms with Crippen LogP contribution in [0.5, 0.6) is 5.75 Å². The first kappa shape index (κ1) is 14.8. The Morgan fingerprint density at radius 3 is 2.38 bits per heavy atom. The number of carbonyl (C=O) groups excluding carboxylic acids is 1. The van der Waals surface area contributed by atoms with Crippen molar-refractivity contribution in [2.75, 3.05) is 0 Å². The minimum Gasteiger partial charge on any atom is -0.508 e. The molecule has 1 amide bonds. The number of nitrogens with two attached hydrogens (primary N) is 1. The van der Waals surface area contributed by atoms with E-state index in [1.54, 1.807) is 0 Å². The van der Waals surface area contributed by atoms with Crippen LogP contribution in [0.3, 0.4) is 0 Å². The largest absolute Gasteiger partial charge is 0.508 e. The maximum atomic E-state index is 14.0. The minimum absolute atomic E-state index is 0.0765. The van der Waals surface area contributed by atoms with Gasteiger partial charge in [-0.05, 0) is 29.8 Å². The molecule has 0 aliphatic heterocycles. The van der Waals surface area contributed by atoms with Gasteiger partial charge in [-0.2, -0.15) is 13.2 Å². The summed E-state index contributed by atoms with van der Waals surface area (Å²) in [4.78, 5) is 11.1. The number of hydrogen-bond donors (Lipinski definition) is 2. The average molecular weight is 299 g/mol. The van der Waals surface area contributed by atoms with Crippen molar-refractivity contribution >= 4 is 5.91 Å². The van der Waals surface area contributed by atoms with Gasteiger partial charge in [0.15, 0.2) is 0 Å². The first-order valence-corrected chi connectivity index (χ1v) is 5.70. The molecule has 0 saturated carbocycles. The highest BCUT2D eigenvalue weighted by molar-refractivity contribution is 5.94. The van der Waals surface area contributed by atoms with Crippen LogP contribution >= 0.6 is 0 Å². The predicted molar refractivity (Wildman–Crippen MR) is 67.0 cm³/mol. The lowest BCUT2D eigenvalue weighted by molar-refractivity contribution is -0.139. The molecule has 3 N–H and O–H groups in total. The number of hydrogen-bond acceptors (Lipinski definition) is 2. The summed E-state index contributed by atoms with van der Waals surface area (Å²) in [6, 6.07) is 5.96. The summed E-state index contributed by atoms with van der Waals surface area (Å²) >= 11 is 0. The molecule has 3 nitrogen and oxygen atoms in total. The highest BCUT2D eigenvalue weighted by Gasteiger charge is 2.35. The standard InChI is InChI=1S/C14H9F4NO2/c15-12-10(2-1-3-11(12)14(16,17)18)7-4-8(13(19)21)6-9(20)5-7/h1-6,20H,(H2,19,21). The quantitative estimate of drug-likeness (QED) is 0.836. The second kappa shape index (κ2) is 5.08. The SMILES string of the molecule is NC(=O)c1cc(O)cc(-c2cccc(C(F)(F)F)c2F)c1. The molecule has 7 heteroatoms. The van der Waals surface area contributed by atoms with Crippen molar-refractivity contribution in [3.63, 3.8) is 0 Å². The second-order valence-corrected chi connectivity index (χ2v) is 4.30. The summed E-state index contributed by atoms with van der Waals surface area (Å²) in [7, 11) is 0. The number of alkyl halides is 3. The van der Waals surface area contributed by atoms with E-state index in [0.717, 1.165) is 30.3 Å². The number of primary amides is 1. The Bertz CT molecular complexity index is 711. The van der Waals surface area contributed by atoms with E-state index < -0.39 is 29.2 Å². The van der Waals surface area contributed by atoms with Crippen LogP contribution in [0.2, 0.25) is 0 Å². The van der Waals surface area contributed by atoms with Crippen LogP contribution in [0.25, 0.3) is 11.1 Å². The number of aromatic hydroxyl groups is 1. The lowest BCUT2D eigenvalue weighted by Crippen LogP contribution is -2.11. The molecule has 0 radical (unpaired) electrons. The summed E-state index contributed by atoms with van der Waals surface area (Å²) in [6.07, 6.45) is -4.84. The van der Waals surface area contributed by atoms with E-state index in [1.165, 1.54) is 0 Å². The van der Waals surface area contributed by atoms with Gasteiger partial charge in [0.2, 0.25) is 5.91 Å². The van der Waals surface area contributed by atoms with Gasteiger partial charge in [-0.1, -0.05) is 12.1 Å². The molecule has 0 aliphatic carbocycles. The fourth-order valence-corrected chi connectivity index (χ4v) is 1.88. The summed E-state index contributed by atoms with van der Waals surface area (Å²) in [6.45, 7) is 0. The van der Waals surface area contributed by atoms with Crippen molar-refractivity contribution in [1.82, 2.24) is 0 Å². The Hall–Kier alpha value is -2.57. The van der Waals surface area contributed by atoms with Crippen LogP contribution in [0.15, 0.2) is 36.4 Å². The third-order valence-electron chi connectivity index (χ3n) is 2.82. The number of amides is 1. The zero-order valence-electron chi connectivity index (χ0n) is 10.4. The molecule has 0 atom stereocenters. The number of benzene rings is 2. The molecular formula is C14H9F4NO2. The topological polar surface area (TPSA) is 63.3 Å². The molecule has 0 aromatic heterocycles. The molecule has 0 spiro atoms. The molecule has 0 fully saturated rings. The molecule has 0 heterocycles. The molecule has 0 aliphatic rings. The summed E-state index contributed by atoms with van der Waals surface area (Å²) in [5.41, 5.74) is 3.02. The molecular weight excluding hydrogens is 290 g/mol. The van der Waals surface area contributed by atoms with Gasteiger partial charge in [-0.25, -0.2) is 4.39 Å². The Balaban J connectivity index is 2.65. The van der Waals surface area contributed by atoms with Crippen molar-refractivity contribution in [2.24, 2.45) is 5.73 Å². The van der Waals surface area contributed by atoms with Crippen LogP contribution in [0.1, 0.15) is 15.9 Å². The number of phenolic OH excluding ortho intramolecular Hbond substituents is 1. The van der Waals surface area contributed by atoms with Crippen molar-refractivity contribution in [3.8, 4) is 16.9 Å². The van der Waals surface area contributed by atoms with Gasteiger partial charge in [-0.15, -0.1) is 0 Å². The number of carbonyl (C=O) groups is 1. The highest BCUT2D eigenvalue weighted by Crippen LogP contribution is 2.36. The van der Waals surface area contributed by atoms with E-state index >= 15 is 0 Å². The van der Waals surface area contributed by atoms with E-state index in [0.29, 0.717) is 6.07 Å². The highest BCUT2D eigenvalue weighted by atomic mass is 19.4. The second-order valence-electron chi connectivity index (χ2n) is 4.30. The smallest absolute Gasteiger partial charge is 0.419 e. The molecule has 2 rings (SSSR count). The van der Waals surface area contributed by atoms with Gasteiger partial charge >= 0.3 is 6.18 Å². The minimum atomic E-state index is -4.84. The van der Waals surface area contributed by atoms with Crippen LogP contribution in [0, 0.1) is 5.82 Å². The maximum absolute atomic E-state index is 14.0. The zero-order chi connectivity index (χ0) is 15.8. The molecule has 0 unspecified atom stereocenters. The number of halogens is 4. The average Bonchev–Trinajstić information content (AvgIpc) is 2.36. The zero-order valence-corrected chi connectivity index (χ0v) is 10.4. The van der Waals surface area contributed by atoms with Gasteiger partial charge < -0.3 is 10.8 Å². The fourth-order valence-electron chi connectivity index (χ4n) is 1.88. The lowest BCUT2D eigenvalue weighted by atomic mass is 9.99. The van der Waals surface area contributed by atoms with Gasteiger partial charge in [0.25, 0.3) is 0 Å². The molecule has 0 saturated heterocycles. The maximum Gasteiger partial charge on any atom is 0.419 e. The van der Waals surface area contributed by atoms with E-state index in [2.05, 4.69) is 0 Å². The molecule has 110 valence electrons. The van der Waals surface area contributed by atoms with Crippen molar-refractivity contribution in [2.45, 2.75) is 6.18 Å². The van der Waals surface area contributed by atoms with Gasteiger partial charge in [0, 0.05) is 11.1 Å². The Morgan fingerprint density at radius 1 is 1.14 bits per heavy atom. The van der Waals surface area contributed by atoms with Crippen LogP contribution in [-0.4, -0.2) is 11.0 Å². The van der Waals surface area contributed by atoms with E-state index in [-0.39, 0.29) is 16.7 Å². The first-order chi connectivity index (χ1) is 9.70. The Labute approximate surface area is 116 Å². The lowest BCUT2D eigenvalue weighted by Gasteiger charge is -2.12. The van der Waals surface area contributed by atoms with Crippen molar-refractivity contribution in [1.29, 1.82) is 0 Å². The molecule has 2 aromatic carbocycles. The number of rotatable bonds is 2. The summed E-state index contributed by atoms with van der Waals surface area (Å²) < 4.78 is 52.0. The van der Waals surface area contributed by atoms with Crippen molar-refractivity contribution in [3.05, 3.63) is 53.3 Å². The van der Waals surface area contributed by atoms with E-state index in [9.17, 15) is 27.5 Å². The van der Waals surface area contributed by atoms with Gasteiger partial charge in [0.05, 0.1) is 5.56 Å². The van der Waals surface area contributed by atoms with Crippen molar-refractivity contribution < 1.29 is 27.5 Å². The monoisotopic (exact) mass is 299 g/mol. The van der Waals surface area contributed by atoms with Gasteiger partial charge in [-0.3, -0.25) is 4.79 Å². The normalized spacial score (nSPS) is 11.4. The fraction of sp³-hybridized carbons (Fsp3) is 0.0714. The summed E-state index contributed by atoms with van der Waals surface area (Å²) in [5.74, 6) is -2.77. The molecule has 0 bridgehead atoms. The van der Waals surface area contributed by atoms with Gasteiger partial charge in [0.1, 0.15) is 11.6 Å². The van der Waals surface area contributed by atoms with E-state index in [1.807, 2.05) is 0 Å². The first-order valence-electron chi connectivity index (χ1n) is 5.70. The van der Waals surface area contributed by atoms with E-state index in [4.69, 9.17) is 5.73 Å². The third kappa shape index (κ3) is 2.96. The number of phenols is 1. The van der Waals surface area contributed by atoms with Crippen LogP contribution in [0.4, 0.5) is 17.6 Å². The molecule has 2 aromatic rings. The van der Waals surface area contributed by atoms with Crippen LogP contribution in [-0.2, 0) is 6.18 Å². The summed E-state index contributed by atoms with van der Waals surface area (Å²) in [5, 5.41) is 9.47. The predicted octanol–water partition coefficient (Wildman–Crippen LogP) is 3.32. The van der Waals surface area contributed by atoms with Crippen LogP contribution < -0.4 is 5.73 Å².